The van der Waals surface area contributed by atoms with Gasteiger partial charge in [0, 0.05) is 11.3 Å². The lowest BCUT2D eigenvalue weighted by Crippen LogP contribution is -2.24. The Morgan fingerprint density at radius 3 is 2.32 bits per heavy atom. The summed E-state index contributed by atoms with van der Waals surface area (Å²) in [5.41, 5.74) is 0.210. The highest BCUT2D eigenvalue weighted by Gasteiger charge is 2.31. The Balaban J connectivity index is 1.49. The fourth-order valence-corrected chi connectivity index (χ4v) is 4.79. The largest absolute Gasteiger partial charge is 0.494 e. The Kier molecular flexibility index (Phi) is 11.2. The lowest BCUT2D eigenvalue weighted by Gasteiger charge is -2.14. The number of unbranched alkanes of at least 4 members (excludes halogenated alkanes) is 1. The molecule has 13 heteroatoms. The van der Waals surface area contributed by atoms with Gasteiger partial charge < -0.3 is 20.1 Å². The lowest BCUT2D eigenvalue weighted by molar-refractivity contribution is -0.137. The van der Waals surface area contributed by atoms with E-state index >= 15 is 0 Å². The van der Waals surface area contributed by atoms with Crippen molar-refractivity contribution in [1.82, 2.24) is 20.1 Å². The molecule has 232 valence electrons. The third-order valence-electron chi connectivity index (χ3n) is 6.20. The molecule has 0 unspecified atom stereocenters. The van der Waals surface area contributed by atoms with Crippen molar-refractivity contribution < 1.29 is 32.2 Å². The number of carbonyl (C=O) groups is 2. The first kappa shape index (κ1) is 32.4. The molecule has 3 aromatic carbocycles. The van der Waals surface area contributed by atoms with Crippen molar-refractivity contribution in [2.45, 2.75) is 44.6 Å². The minimum Gasteiger partial charge on any atom is -0.494 e. The quantitative estimate of drug-likeness (QED) is 0.121. The molecule has 9 nitrogen and oxygen atoms in total. The van der Waals surface area contributed by atoms with E-state index in [4.69, 9.17) is 9.47 Å². The summed E-state index contributed by atoms with van der Waals surface area (Å²) in [6.07, 6.45) is -2.65. The van der Waals surface area contributed by atoms with Gasteiger partial charge in [0.05, 0.1) is 36.8 Å². The Morgan fingerprint density at radius 1 is 0.932 bits per heavy atom. The van der Waals surface area contributed by atoms with Crippen LogP contribution in [-0.2, 0) is 17.5 Å². The first-order valence-electron chi connectivity index (χ1n) is 14.0. The number of ether oxygens (including phenoxy) is 2. The predicted molar refractivity (Wildman–Crippen MR) is 161 cm³/mol. The molecule has 4 aromatic rings. The van der Waals surface area contributed by atoms with Crippen LogP contribution in [0.1, 0.15) is 48.4 Å². The first-order chi connectivity index (χ1) is 21.2. The van der Waals surface area contributed by atoms with Crippen LogP contribution in [0.2, 0.25) is 0 Å². The van der Waals surface area contributed by atoms with E-state index < -0.39 is 17.6 Å². The molecule has 0 aliphatic rings. The number of halogens is 3. The SMILES string of the molecule is CCCCOc1ccc(C(=O)NCc2nnc(SCC(=O)Nc3ccc(OCC)cc3)n2-c2cccc(C(F)(F)F)c2)cc1. The molecule has 0 atom stereocenters. The number of nitrogens with zero attached hydrogens (tertiary/aromatic N) is 3. The van der Waals surface area contributed by atoms with E-state index in [0.717, 1.165) is 36.7 Å². The molecule has 0 saturated heterocycles. The van der Waals surface area contributed by atoms with Gasteiger partial charge in [0.25, 0.3) is 5.91 Å². The summed E-state index contributed by atoms with van der Waals surface area (Å²) in [4.78, 5) is 25.5. The molecule has 0 aliphatic carbocycles. The maximum atomic E-state index is 13.5. The number of aromatic nitrogens is 3. The summed E-state index contributed by atoms with van der Waals surface area (Å²) in [5, 5.41) is 13.9. The van der Waals surface area contributed by atoms with E-state index in [1.165, 1.54) is 16.7 Å². The van der Waals surface area contributed by atoms with Crippen LogP contribution in [0.4, 0.5) is 18.9 Å². The van der Waals surface area contributed by atoms with Gasteiger partial charge in [0.15, 0.2) is 11.0 Å². The molecule has 0 fully saturated rings. The van der Waals surface area contributed by atoms with E-state index in [1.54, 1.807) is 48.5 Å². The maximum Gasteiger partial charge on any atom is 0.416 e. The van der Waals surface area contributed by atoms with Crippen molar-refractivity contribution in [3.05, 3.63) is 89.7 Å². The van der Waals surface area contributed by atoms with Gasteiger partial charge in [0.2, 0.25) is 5.91 Å². The molecule has 0 spiro atoms. The predicted octanol–water partition coefficient (Wildman–Crippen LogP) is 6.52. The monoisotopic (exact) mass is 627 g/mol. The summed E-state index contributed by atoms with van der Waals surface area (Å²) >= 11 is 1.000. The molecule has 1 heterocycles. The Hall–Kier alpha value is -4.52. The van der Waals surface area contributed by atoms with E-state index in [2.05, 4.69) is 27.8 Å². The normalized spacial score (nSPS) is 11.2. The fraction of sp³-hybridized carbons (Fsp3) is 0.290. The number of amides is 2. The molecular formula is C31H32F3N5O4S. The average Bonchev–Trinajstić information content (AvgIpc) is 3.43. The summed E-state index contributed by atoms with van der Waals surface area (Å²) in [6.45, 7) is 4.90. The highest BCUT2D eigenvalue weighted by Crippen LogP contribution is 2.32. The van der Waals surface area contributed by atoms with Gasteiger partial charge in [-0.2, -0.15) is 13.2 Å². The second-order valence-electron chi connectivity index (χ2n) is 9.49. The standard InChI is InChI=1S/C31H32F3N5O4S/c1-3-5-17-43-26-13-9-21(10-14-26)29(41)35-19-27-37-38-30(39(27)24-8-6-7-22(18-24)31(32,33)34)44-20-28(40)36-23-11-15-25(16-12-23)42-4-2/h6-16,18H,3-5,17,19-20H2,1-2H3,(H,35,41)(H,36,40). The molecule has 44 heavy (non-hydrogen) atoms. The fourth-order valence-electron chi connectivity index (χ4n) is 4.02. The average molecular weight is 628 g/mol. The minimum atomic E-state index is -4.57. The van der Waals surface area contributed by atoms with E-state index in [0.29, 0.717) is 36.0 Å². The number of thioether (sulfide) groups is 1. The van der Waals surface area contributed by atoms with Gasteiger partial charge in [-0.05, 0) is 80.1 Å². The van der Waals surface area contributed by atoms with Crippen LogP contribution in [0.5, 0.6) is 11.5 Å². The van der Waals surface area contributed by atoms with Crippen molar-refractivity contribution in [3.63, 3.8) is 0 Å². The van der Waals surface area contributed by atoms with Crippen LogP contribution in [0.25, 0.3) is 5.69 Å². The second kappa shape index (κ2) is 15.3. The molecule has 4 rings (SSSR count). The molecule has 0 aliphatic heterocycles. The summed E-state index contributed by atoms with van der Waals surface area (Å²) < 4.78 is 53.0. The maximum absolute atomic E-state index is 13.5. The van der Waals surface area contributed by atoms with Crippen molar-refractivity contribution >= 4 is 29.3 Å². The zero-order valence-electron chi connectivity index (χ0n) is 24.2. The number of hydrogen-bond donors (Lipinski definition) is 2. The number of nitrogens with one attached hydrogen (secondary N) is 2. The van der Waals surface area contributed by atoms with Crippen molar-refractivity contribution in [2.24, 2.45) is 0 Å². The molecule has 0 saturated carbocycles. The molecule has 0 radical (unpaired) electrons. The van der Waals surface area contributed by atoms with Crippen molar-refractivity contribution in [1.29, 1.82) is 0 Å². The van der Waals surface area contributed by atoms with Gasteiger partial charge >= 0.3 is 6.18 Å². The topological polar surface area (TPSA) is 107 Å². The highest BCUT2D eigenvalue weighted by atomic mass is 32.2. The lowest BCUT2D eigenvalue weighted by atomic mass is 10.2. The number of benzene rings is 3. The summed E-state index contributed by atoms with van der Waals surface area (Å²) in [7, 11) is 0. The van der Waals surface area contributed by atoms with Crippen LogP contribution in [-0.4, -0.2) is 45.5 Å². The van der Waals surface area contributed by atoms with Gasteiger partial charge in [-0.1, -0.05) is 31.2 Å². The Bertz CT molecular complexity index is 1540. The van der Waals surface area contributed by atoms with Crippen LogP contribution in [0.15, 0.2) is 78.0 Å². The van der Waals surface area contributed by atoms with Gasteiger partial charge in [-0.25, -0.2) is 0 Å². The Labute approximate surface area is 257 Å². The molecule has 1 aromatic heterocycles. The third-order valence-corrected chi connectivity index (χ3v) is 7.13. The van der Waals surface area contributed by atoms with Crippen molar-refractivity contribution in [3.8, 4) is 17.2 Å². The second-order valence-corrected chi connectivity index (χ2v) is 10.4. The number of carbonyl (C=O) groups excluding carboxylic acids is 2. The zero-order chi connectivity index (χ0) is 31.5. The summed E-state index contributed by atoms with van der Waals surface area (Å²) in [6, 6.07) is 18.2. The number of rotatable bonds is 14. The Morgan fingerprint density at radius 2 is 1.64 bits per heavy atom. The van der Waals surface area contributed by atoms with E-state index in [-0.39, 0.29) is 34.9 Å². The van der Waals surface area contributed by atoms with Crippen LogP contribution < -0.4 is 20.1 Å². The first-order valence-corrected chi connectivity index (χ1v) is 14.9. The summed E-state index contributed by atoms with van der Waals surface area (Å²) in [5.74, 6) is 0.646. The smallest absolute Gasteiger partial charge is 0.416 e. The van der Waals surface area contributed by atoms with E-state index in [9.17, 15) is 22.8 Å². The molecule has 2 N–H and O–H groups in total. The van der Waals surface area contributed by atoms with Gasteiger partial charge in [0.1, 0.15) is 11.5 Å². The third kappa shape index (κ3) is 8.99. The number of anilines is 1. The molecular weight excluding hydrogens is 595 g/mol. The molecule has 2 amide bonds. The number of hydrogen-bond acceptors (Lipinski definition) is 7. The number of alkyl halides is 3. The highest BCUT2D eigenvalue weighted by molar-refractivity contribution is 7.99. The van der Waals surface area contributed by atoms with E-state index in [1.807, 2.05) is 6.92 Å². The van der Waals surface area contributed by atoms with Crippen LogP contribution >= 0.6 is 11.8 Å². The van der Waals surface area contributed by atoms with Gasteiger partial charge in [-0.15, -0.1) is 10.2 Å². The zero-order valence-corrected chi connectivity index (χ0v) is 25.0. The molecule has 0 bridgehead atoms. The van der Waals surface area contributed by atoms with Crippen molar-refractivity contribution in [2.75, 3.05) is 24.3 Å². The minimum absolute atomic E-state index is 0.0939. The van der Waals surface area contributed by atoms with Crippen LogP contribution in [0, 0.1) is 0 Å². The van der Waals surface area contributed by atoms with Gasteiger partial charge in [-0.3, -0.25) is 14.2 Å². The van der Waals surface area contributed by atoms with Crippen LogP contribution in [0.3, 0.4) is 0 Å².